The number of aliphatic hydroxyl groups is 1. The number of rotatable bonds is 4. The molecule has 0 amide bonds. The number of ether oxygens (including phenoxy) is 1. The summed E-state index contributed by atoms with van der Waals surface area (Å²) >= 11 is 0. The quantitative estimate of drug-likeness (QED) is 0.658. The molecule has 1 N–H and O–H groups in total. The lowest BCUT2D eigenvalue weighted by Gasteiger charge is -2.59. The van der Waals surface area contributed by atoms with Gasteiger partial charge in [-0.15, -0.1) is 0 Å². The van der Waals surface area contributed by atoms with Gasteiger partial charge in [-0.3, -0.25) is 4.79 Å². The minimum atomic E-state index is -0.837. The Balaban J connectivity index is 1.90. The van der Waals surface area contributed by atoms with Crippen LogP contribution in [0, 0.1) is 22.7 Å². The zero-order valence-electron chi connectivity index (χ0n) is 15.6. The molecular formula is C21H30O4. The van der Waals surface area contributed by atoms with Crippen molar-refractivity contribution in [1.82, 2.24) is 0 Å². The van der Waals surface area contributed by atoms with Crippen LogP contribution < -0.4 is 0 Å². The monoisotopic (exact) mass is 346 g/mol. The van der Waals surface area contributed by atoms with Crippen molar-refractivity contribution < 1.29 is 19.1 Å². The molecule has 5 unspecified atom stereocenters. The zero-order chi connectivity index (χ0) is 18.2. The van der Waals surface area contributed by atoms with Crippen LogP contribution in [0.1, 0.15) is 51.5 Å². The Hall–Kier alpha value is -1.55. The number of hydrogen-bond donors (Lipinski definition) is 1. The topological polar surface area (TPSA) is 59.7 Å². The number of methoxy groups -OCH3 is 1. The van der Waals surface area contributed by atoms with Crippen LogP contribution in [0.25, 0.3) is 0 Å². The van der Waals surface area contributed by atoms with Gasteiger partial charge < -0.3 is 14.3 Å². The van der Waals surface area contributed by atoms with Crippen molar-refractivity contribution in [2.24, 2.45) is 22.7 Å². The number of aryl methyl sites for hydroxylation is 1. The second-order valence-corrected chi connectivity index (χ2v) is 8.31. The van der Waals surface area contributed by atoms with Crippen LogP contribution in [-0.4, -0.2) is 24.3 Å². The fraction of sp³-hybridized carbons (Fsp3) is 0.667. The molecule has 1 aromatic heterocycles. The van der Waals surface area contributed by atoms with Crippen molar-refractivity contribution in [1.29, 1.82) is 0 Å². The zero-order valence-corrected chi connectivity index (χ0v) is 15.6. The largest absolute Gasteiger partial charge is 0.472 e. The van der Waals surface area contributed by atoms with E-state index in [2.05, 4.69) is 13.5 Å². The average molecular weight is 346 g/mol. The first-order chi connectivity index (χ1) is 11.8. The van der Waals surface area contributed by atoms with Crippen molar-refractivity contribution in [2.45, 2.75) is 58.5 Å². The molecule has 0 aromatic carbocycles. The predicted octanol–water partition coefficient (Wildman–Crippen LogP) is 4.13. The van der Waals surface area contributed by atoms with E-state index in [0.29, 0.717) is 12.3 Å². The molecule has 0 spiro atoms. The van der Waals surface area contributed by atoms with Gasteiger partial charge in [-0.05, 0) is 74.3 Å². The summed E-state index contributed by atoms with van der Waals surface area (Å²) in [7, 11) is 1.42. The molecule has 4 heteroatoms. The Morgan fingerprint density at radius 3 is 2.84 bits per heavy atom. The highest BCUT2D eigenvalue weighted by Gasteiger charge is 2.61. The molecule has 0 saturated heterocycles. The molecule has 0 bridgehead atoms. The van der Waals surface area contributed by atoms with E-state index in [4.69, 9.17) is 9.15 Å². The summed E-state index contributed by atoms with van der Waals surface area (Å²) in [6.07, 6.45) is 8.16. The minimum absolute atomic E-state index is 0.0404. The molecule has 25 heavy (non-hydrogen) atoms. The highest BCUT2D eigenvalue weighted by atomic mass is 16.5. The fourth-order valence-corrected chi connectivity index (χ4v) is 5.63. The first-order valence-corrected chi connectivity index (χ1v) is 9.29. The summed E-state index contributed by atoms with van der Waals surface area (Å²) in [5, 5.41) is 10.7. The molecule has 2 saturated carbocycles. The van der Waals surface area contributed by atoms with Gasteiger partial charge in [-0.1, -0.05) is 19.1 Å². The SMILES string of the molecule is C=C1CCC2C(C)(CCC(O)C2(C)C(=O)OC)C1CCc1ccoc1. The molecule has 0 aliphatic heterocycles. The third kappa shape index (κ3) is 2.84. The highest BCUT2D eigenvalue weighted by molar-refractivity contribution is 5.78. The number of hydrogen-bond acceptors (Lipinski definition) is 4. The first kappa shape index (κ1) is 18.2. The molecular weight excluding hydrogens is 316 g/mol. The highest BCUT2D eigenvalue weighted by Crippen LogP contribution is 2.62. The number of allylic oxidation sites excluding steroid dienone is 1. The number of carbonyl (C=O) groups excluding carboxylic acids is 1. The maximum atomic E-state index is 12.6. The van der Waals surface area contributed by atoms with Crippen molar-refractivity contribution in [3.05, 3.63) is 36.3 Å². The Kier molecular flexibility index (Phi) is 4.84. The van der Waals surface area contributed by atoms with Crippen LogP contribution in [0.3, 0.4) is 0 Å². The number of fused-ring (bicyclic) bond motifs is 1. The van der Waals surface area contributed by atoms with E-state index in [0.717, 1.165) is 32.1 Å². The number of esters is 1. The van der Waals surface area contributed by atoms with E-state index in [1.165, 1.54) is 18.2 Å². The second kappa shape index (κ2) is 6.64. The van der Waals surface area contributed by atoms with Gasteiger partial charge in [-0.2, -0.15) is 0 Å². The van der Waals surface area contributed by atoms with Gasteiger partial charge >= 0.3 is 5.97 Å². The molecule has 2 fully saturated rings. The van der Waals surface area contributed by atoms with Crippen LogP contribution >= 0.6 is 0 Å². The summed E-state index contributed by atoms with van der Waals surface area (Å²) in [5.74, 6) is 0.172. The lowest BCUT2D eigenvalue weighted by molar-refractivity contribution is -0.186. The first-order valence-electron chi connectivity index (χ1n) is 9.29. The third-order valence-corrected chi connectivity index (χ3v) is 7.14. The third-order valence-electron chi connectivity index (χ3n) is 7.14. The van der Waals surface area contributed by atoms with Gasteiger partial charge in [0, 0.05) is 0 Å². The Labute approximate surface area is 150 Å². The van der Waals surface area contributed by atoms with E-state index in [1.54, 1.807) is 12.5 Å². The van der Waals surface area contributed by atoms with Gasteiger partial charge in [-0.25, -0.2) is 0 Å². The van der Waals surface area contributed by atoms with E-state index in [-0.39, 0.29) is 17.3 Å². The Morgan fingerprint density at radius 1 is 1.44 bits per heavy atom. The van der Waals surface area contributed by atoms with Gasteiger partial charge in [0.15, 0.2) is 0 Å². The summed E-state index contributed by atoms with van der Waals surface area (Å²) in [6.45, 7) is 8.54. The van der Waals surface area contributed by atoms with Crippen LogP contribution in [0.5, 0.6) is 0 Å². The summed E-state index contributed by atoms with van der Waals surface area (Å²) in [6, 6.07) is 2.01. The molecule has 4 nitrogen and oxygen atoms in total. The lowest BCUT2D eigenvalue weighted by Crippen LogP contribution is -2.59. The van der Waals surface area contributed by atoms with Crippen LogP contribution in [0.4, 0.5) is 0 Å². The Morgan fingerprint density at radius 2 is 2.20 bits per heavy atom. The average Bonchev–Trinajstić information content (AvgIpc) is 3.10. The standard InChI is InChI=1S/C21H30O4/c1-14-5-8-17-20(2,16(14)7-6-15-10-12-25-13-15)11-9-18(22)21(17,3)19(23)24-4/h10,12-13,16-18,22H,1,5-9,11H2,2-4H3. The molecule has 0 radical (unpaired) electrons. The minimum Gasteiger partial charge on any atom is -0.472 e. The molecule has 1 aromatic rings. The molecule has 5 atom stereocenters. The number of furan rings is 1. The maximum Gasteiger partial charge on any atom is 0.314 e. The molecule has 138 valence electrons. The van der Waals surface area contributed by atoms with Crippen molar-refractivity contribution >= 4 is 5.97 Å². The van der Waals surface area contributed by atoms with Crippen LogP contribution in [0.15, 0.2) is 35.2 Å². The molecule has 3 rings (SSSR count). The van der Waals surface area contributed by atoms with Gasteiger partial charge in [0.25, 0.3) is 0 Å². The fourth-order valence-electron chi connectivity index (χ4n) is 5.63. The number of carbonyl (C=O) groups is 1. The Bertz CT molecular complexity index is 634. The van der Waals surface area contributed by atoms with E-state index < -0.39 is 11.5 Å². The smallest absolute Gasteiger partial charge is 0.314 e. The number of aliphatic hydroxyl groups excluding tert-OH is 1. The van der Waals surface area contributed by atoms with E-state index in [9.17, 15) is 9.90 Å². The van der Waals surface area contributed by atoms with Crippen LogP contribution in [-0.2, 0) is 16.0 Å². The van der Waals surface area contributed by atoms with E-state index >= 15 is 0 Å². The van der Waals surface area contributed by atoms with Crippen molar-refractivity contribution in [2.75, 3.05) is 7.11 Å². The van der Waals surface area contributed by atoms with Crippen LogP contribution in [0.2, 0.25) is 0 Å². The predicted molar refractivity (Wildman–Crippen MR) is 95.9 cm³/mol. The summed E-state index contributed by atoms with van der Waals surface area (Å²) in [5.41, 5.74) is 1.60. The second-order valence-electron chi connectivity index (χ2n) is 8.31. The van der Waals surface area contributed by atoms with E-state index in [1.807, 2.05) is 13.0 Å². The summed E-state index contributed by atoms with van der Waals surface area (Å²) < 4.78 is 10.3. The molecule has 1 heterocycles. The summed E-state index contributed by atoms with van der Waals surface area (Å²) in [4.78, 5) is 12.6. The molecule has 2 aliphatic carbocycles. The van der Waals surface area contributed by atoms with Crippen molar-refractivity contribution in [3.63, 3.8) is 0 Å². The molecule has 2 aliphatic rings. The van der Waals surface area contributed by atoms with Gasteiger partial charge in [0.1, 0.15) is 0 Å². The lowest BCUT2D eigenvalue weighted by atomic mass is 9.46. The maximum absolute atomic E-state index is 12.6. The van der Waals surface area contributed by atoms with Gasteiger partial charge in [0.2, 0.25) is 0 Å². The van der Waals surface area contributed by atoms with Crippen molar-refractivity contribution in [3.8, 4) is 0 Å². The normalized spacial score (nSPS) is 38.2. The van der Waals surface area contributed by atoms with Gasteiger partial charge in [0.05, 0.1) is 31.2 Å².